The molecule has 1 aromatic heterocycles. The maximum atomic E-state index is 12.6. The van der Waals surface area contributed by atoms with Crippen LogP contribution in [0.5, 0.6) is 0 Å². The van der Waals surface area contributed by atoms with Gasteiger partial charge in [0.2, 0.25) is 0 Å². The SMILES string of the molecule is CCc1cccc2sc(=NC(=O)c3cccc(SC)c3)n(CC)c12. The fourth-order valence-electron chi connectivity index (χ4n) is 2.77. The molecule has 0 aliphatic rings. The smallest absolute Gasteiger partial charge is 0.279 e. The standard InChI is InChI=1S/C19H20N2OS2/c1-4-13-8-7-11-16-17(13)21(5-2)19(24-16)20-18(22)14-9-6-10-15(12-14)23-3/h6-12H,4-5H2,1-3H3. The van der Waals surface area contributed by atoms with E-state index >= 15 is 0 Å². The Bertz CT molecular complexity index is 953. The molecule has 0 atom stereocenters. The zero-order valence-electron chi connectivity index (χ0n) is 14.1. The molecular weight excluding hydrogens is 336 g/mol. The van der Waals surface area contributed by atoms with Crippen LogP contribution in [0.15, 0.2) is 52.4 Å². The van der Waals surface area contributed by atoms with E-state index in [1.54, 1.807) is 23.1 Å². The number of carbonyl (C=O) groups excluding carboxylic acids is 1. The summed E-state index contributed by atoms with van der Waals surface area (Å²) < 4.78 is 3.33. The highest BCUT2D eigenvalue weighted by molar-refractivity contribution is 7.98. The average molecular weight is 357 g/mol. The van der Waals surface area contributed by atoms with E-state index in [2.05, 4.69) is 41.6 Å². The monoisotopic (exact) mass is 356 g/mol. The second kappa shape index (κ2) is 7.36. The van der Waals surface area contributed by atoms with E-state index < -0.39 is 0 Å². The number of rotatable bonds is 4. The number of para-hydroxylation sites is 1. The van der Waals surface area contributed by atoms with Gasteiger partial charge in [0, 0.05) is 17.0 Å². The predicted octanol–water partition coefficient (Wildman–Crippen LogP) is 4.75. The van der Waals surface area contributed by atoms with Gasteiger partial charge in [0.05, 0.1) is 10.2 Å². The van der Waals surface area contributed by atoms with E-state index in [1.807, 2.05) is 30.5 Å². The van der Waals surface area contributed by atoms with Crippen LogP contribution in [-0.4, -0.2) is 16.7 Å². The molecule has 3 rings (SSSR count). The van der Waals surface area contributed by atoms with Gasteiger partial charge in [-0.05, 0) is 49.4 Å². The van der Waals surface area contributed by atoms with E-state index in [9.17, 15) is 4.79 Å². The van der Waals surface area contributed by atoms with Crippen LogP contribution in [0.25, 0.3) is 10.2 Å². The van der Waals surface area contributed by atoms with Crippen LogP contribution in [0.2, 0.25) is 0 Å². The van der Waals surface area contributed by atoms with Gasteiger partial charge < -0.3 is 4.57 Å². The lowest BCUT2D eigenvalue weighted by atomic mass is 10.1. The molecule has 3 aromatic rings. The lowest BCUT2D eigenvalue weighted by Gasteiger charge is -2.05. The predicted molar refractivity (Wildman–Crippen MR) is 103 cm³/mol. The maximum Gasteiger partial charge on any atom is 0.279 e. The highest BCUT2D eigenvalue weighted by atomic mass is 32.2. The first-order valence-electron chi connectivity index (χ1n) is 8.02. The number of fused-ring (bicyclic) bond motifs is 1. The molecule has 0 aliphatic heterocycles. The van der Waals surface area contributed by atoms with Gasteiger partial charge >= 0.3 is 0 Å². The molecule has 0 unspecified atom stereocenters. The van der Waals surface area contributed by atoms with Crippen LogP contribution in [0.1, 0.15) is 29.8 Å². The van der Waals surface area contributed by atoms with Crippen LogP contribution in [0, 0.1) is 0 Å². The van der Waals surface area contributed by atoms with Crippen molar-refractivity contribution < 1.29 is 4.79 Å². The second-order valence-corrected chi connectivity index (χ2v) is 7.28. The Morgan fingerprint density at radius 2 is 2.00 bits per heavy atom. The molecule has 3 nitrogen and oxygen atoms in total. The summed E-state index contributed by atoms with van der Waals surface area (Å²) in [6.07, 6.45) is 2.97. The highest BCUT2D eigenvalue weighted by Gasteiger charge is 2.11. The molecule has 0 saturated heterocycles. The number of thiazole rings is 1. The van der Waals surface area contributed by atoms with Gasteiger partial charge in [-0.15, -0.1) is 11.8 Å². The van der Waals surface area contributed by atoms with Gasteiger partial charge in [-0.1, -0.05) is 36.5 Å². The summed E-state index contributed by atoms with van der Waals surface area (Å²) in [7, 11) is 0. The van der Waals surface area contributed by atoms with Crippen molar-refractivity contribution in [2.45, 2.75) is 31.7 Å². The molecule has 0 fully saturated rings. The Hall–Kier alpha value is -1.85. The van der Waals surface area contributed by atoms with Crippen molar-refractivity contribution in [1.29, 1.82) is 0 Å². The lowest BCUT2D eigenvalue weighted by Crippen LogP contribution is -2.16. The fraction of sp³-hybridized carbons (Fsp3) is 0.263. The third-order valence-corrected chi connectivity index (χ3v) is 5.76. The number of aryl methyl sites for hydroxylation is 2. The summed E-state index contributed by atoms with van der Waals surface area (Å²) in [5.41, 5.74) is 3.14. The minimum atomic E-state index is -0.183. The summed E-state index contributed by atoms with van der Waals surface area (Å²) in [6, 6.07) is 14.0. The van der Waals surface area contributed by atoms with Crippen molar-refractivity contribution in [3.8, 4) is 0 Å². The fourth-order valence-corrected chi connectivity index (χ4v) is 4.37. The number of benzene rings is 2. The number of nitrogens with zero attached hydrogens (tertiary/aromatic N) is 2. The molecule has 0 spiro atoms. The van der Waals surface area contributed by atoms with Crippen LogP contribution in [0.4, 0.5) is 0 Å². The topological polar surface area (TPSA) is 34.4 Å². The van der Waals surface area contributed by atoms with Gasteiger partial charge in [0.15, 0.2) is 4.80 Å². The molecule has 1 heterocycles. The summed E-state index contributed by atoms with van der Waals surface area (Å²) in [5, 5.41) is 0. The van der Waals surface area contributed by atoms with Gasteiger partial charge in [0.1, 0.15) is 0 Å². The largest absolute Gasteiger partial charge is 0.316 e. The molecule has 124 valence electrons. The van der Waals surface area contributed by atoms with Crippen molar-refractivity contribution in [2.75, 3.05) is 6.26 Å². The molecule has 0 bridgehead atoms. The Labute approximate surface area is 150 Å². The molecule has 2 aromatic carbocycles. The number of aromatic nitrogens is 1. The van der Waals surface area contributed by atoms with Gasteiger partial charge in [-0.25, -0.2) is 0 Å². The van der Waals surface area contributed by atoms with Gasteiger partial charge in [0.25, 0.3) is 5.91 Å². The van der Waals surface area contributed by atoms with Crippen LogP contribution in [0.3, 0.4) is 0 Å². The van der Waals surface area contributed by atoms with E-state index in [0.717, 1.165) is 22.7 Å². The minimum absolute atomic E-state index is 0.183. The first kappa shape index (κ1) is 17.0. The summed E-state index contributed by atoms with van der Waals surface area (Å²) in [4.78, 5) is 18.9. The van der Waals surface area contributed by atoms with E-state index in [4.69, 9.17) is 0 Å². The zero-order chi connectivity index (χ0) is 17.1. The summed E-state index contributed by atoms with van der Waals surface area (Å²) in [5.74, 6) is -0.183. The maximum absolute atomic E-state index is 12.6. The number of thioether (sulfide) groups is 1. The number of hydrogen-bond acceptors (Lipinski definition) is 3. The summed E-state index contributed by atoms with van der Waals surface area (Å²) in [6.45, 7) is 5.05. The van der Waals surface area contributed by atoms with Crippen LogP contribution in [-0.2, 0) is 13.0 Å². The Morgan fingerprint density at radius 3 is 2.71 bits per heavy atom. The number of carbonyl (C=O) groups is 1. The minimum Gasteiger partial charge on any atom is -0.316 e. The first-order chi connectivity index (χ1) is 11.7. The third kappa shape index (κ3) is 3.19. The van der Waals surface area contributed by atoms with Crippen molar-refractivity contribution >= 4 is 39.2 Å². The Morgan fingerprint density at radius 1 is 1.21 bits per heavy atom. The highest BCUT2D eigenvalue weighted by Crippen LogP contribution is 2.22. The molecular formula is C19H20N2OS2. The number of hydrogen-bond donors (Lipinski definition) is 0. The Kier molecular flexibility index (Phi) is 5.21. The van der Waals surface area contributed by atoms with Crippen molar-refractivity contribution in [2.24, 2.45) is 4.99 Å². The third-order valence-electron chi connectivity index (χ3n) is 4.00. The van der Waals surface area contributed by atoms with E-state index in [-0.39, 0.29) is 5.91 Å². The quantitative estimate of drug-likeness (QED) is 0.632. The summed E-state index contributed by atoms with van der Waals surface area (Å²) >= 11 is 3.21. The lowest BCUT2D eigenvalue weighted by molar-refractivity contribution is 0.0997. The molecule has 0 radical (unpaired) electrons. The molecule has 0 N–H and O–H groups in total. The van der Waals surface area contributed by atoms with Crippen LogP contribution >= 0.6 is 23.1 Å². The van der Waals surface area contributed by atoms with E-state index in [0.29, 0.717) is 5.56 Å². The molecule has 24 heavy (non-hydrogen) atoms. The molecule has 5 heteroatoms. The van der Waals surface area contributed by atoms with Gasteiger partial charge in [-0.3, -0.25) is 4.79 Å². The zero-order valence-corrected chi connectivity index (χ0v) is 15.7. The Balaban J connectivity index is 2.14. The van der Waals surface area contributed by atoms with Gasteiger partial charge in [-0.2, -0.15) is 4.99 Å². The van der Waals surface area contributed by atoms with Crippen molar-refractivity contribution in [1.82, 2.24) is 4.57 Å². The molecule has 0 saturated carbocycles. The second-order valence-electron chi connectivity index (χ2n) is 5.40. The molecule has 1 amide bonds. The number of amides is 1. The van der Waals surface area contributed by atoms with E-state index in [1.165, 1.54) is 15.8 Å². The molecule has 0 aliphatic carbocycles. The average Bonchev–Trinajstić information content (AvgIpc) is 2.98. The normalized spacial score (nSPS) is 12.0. The first-order valence-corrected chi connectivity index (χ1v) is 10.1. The van der Waals surface area contributed by atoms with Crippen molar-refractivity contribution in [3.63, 3.8) is 0 Å². The van der Waals surface area contributed by atoms with Crippen molar-refractivity contribution in [3.05, 3.63) is 58.4 Å². The van der Waals surface area contributed by atoms with Crippen LogP contribution < -0.4 is 4.80 Å².